The first-order chi connectivity index (χ1) is 16.2. The van der Waals surface area contributed by atoms with Crippen LogP contribution in [0, 0.1) is 6.92 Å². The van der Waals surface area contributed by atoms with Gasteiger partial charge in [-0.05, 0) is 78.4 Å². The highest BCUT2D eigenvalue weighted by molar-refractivity contribution is 7.89. The topological polar surface area (TPSA) is 84.9 Å². The molecular weight excluding hydrogens is 452 g/mol. The van der Waals surface area contributed by atoms with E-state index in [9.17, 15) is 13.2 Å². The summed E-state index contributed by atoms with van der Waals surface area (Å²) in [5.74, 6) is 1.30. The Hall–Kier alpha value is -3.36. The molecule has 0 spiro atoms. The smallest absolute Gasteiger partial charge is 0.242 e. The van der Waals surface area contributed by atoms with Crippen LogP contribution in [0.5, 0.6) is 11.5 Å². The first-order valence-corrected chi connectivity index (χ1v) is 12.5. The highest BCUT2D eigenvalue weighted by Crippen LogP contribution is 2.51. The quantitative estimate of drug-likeness (QED) is 0.571. The van der Waals surface area contributed by atoms with Crippen molar-refractivity contribution in [2.45, 2.75) is 30.1 Å². The number of amides is 1. The zero-order valence-electron chi connectivity index (χ0n) is 19.3. The van der Waals surface area contributed by atoms with Gasteiger partial charge in [0, 0.05) is 19.8 Å². The van der Waals surface area contributed by atoms with E-state index in [1.54, 1.807) is 18.2 Å². The number of benzene rings is 3. The van der Waals surface area contributed by atoms with Gasteiger partial charge in [0.05, 0.1) is 10.3 Å². The maximum Gasteiger partial charge on any atom is 0.242 e. The summed E-state index contributed by atoms with van der Waals surface area (Å²) in [6, 6.07) is 18.2. The summed E-state index contributed by atoms with van der Waals surface area (Å²) in [4.78, 5) is 13.5. The summed E-state index contributed by atoms with van der Waals surface area (Å²) in [6.07, 6.45) is 1.53. The molecule has 176 valence electrons. The SMILES string of the molecule is Cc1ccc(NC(=O)C2(c3ccc4c(c3)OCO4)CC2)cc1-c1cccc(S(=O)(=O)N(C)C)c1. The predicted molar refractivity (Wildman–Crippen MR) is 130 cm³/mol. The second-order valence-corrected chi connectivity index (χ2v) is 11.1. The molecule has 1 saturated carbocycles. The maximum absolute atomic E-state index is 13.3. The number of carbonyl (C=O) groups excluding carboxylic acids is 1. The molecule has 1 fully saturated rings. The van der Waals surface area contributed by atoms with Crippen molar-refractivity contribution in [3.05, 3.63) is 71.8 Å². The van der Waals surface area contributed by atoms with Crippen molar-refractivity contribution in [1.29, 1.82) is 0 Å². The number of carbonyl (C=O) groups is 1. The average Bonchev–Trinajstić information content (AvgIpc) is 3.51. The van der Waals surface area contributed by atoms with Crippen LogP contribution in [0.25, 0.3) is 11.1 Å². The van der Waals surface area contributed by atoms with Crippen LogP contribution >= 0.6 is 0 Å². The van der Waals surface area contributed by atoms with E-state index in [1.807, 2.05) is 49.4 Å². The van der Waals surface area contributed by atoms with Crippen molar-refractivity contribution >= 4 is 21.6 Å². The molecule has 3 aromatic rings. The van der Waals surface area contributed by atoms with E-state index in [0.717, 1.165) is 35.1 Å². The number of ether oxygens (including phenoxy) is 2. The Morgan fingerprint density at radius 1 is 0.971 bits per heavy atom. The summed E-state index contributed by atoms with van der Waals surface area (Å²) < 4.78 is 37.2. The van der Waals surface area contributed by atoms with E-state index in [-0.39, 0.29) is 17.6 Å². The van der Waals surface area contributed by atoms with Crippen LogP contribution in [0.3, 0.4) is 0 Å². The molecule has 1 aliphatic heterocycles. The lowest BCUT2D eigenvalue weighted by Gasteiger charge is -2.18. The minimum absolute atomic E-state index is 0.0647. The Bertz CT molecular complexity index is 1390. The van der Waals surface area contributed by atoms with Crippen LogP contribution in [0.2, 0.25) is 0 Å². The van der Waals surface area contributed by atoms with Crippen molar-refractivity contribution in [3.8, 4) is 22.6 Å². The Morgan fingerprint density at radius 2 is 1.74 bits per heavy atom. The third-order valence-corrected chi connectivity index (χ3v) is 8.34. The average molecular weight is 479 g/mol. The largest absolute Gasteiger partial charge is 0.454 e. The first kappa shape index (κ1) is 22.4. The fraction of sp³-hybridized carbons (Fsp3) is 0.269. The number of fused-ring (bicyclic) bond motifs is 1. The van der Waals surface area contributed by atoms with Gasteiger partial charge in [0.15, 0.2) is 11.5 Å². The monoisotopic (exact) mass is 478 g/mol. The second-order valence-electron chi connectivity index (χ2n) is 8.95. The van der Waals surface area contributed by atoms with E-state index in [1.165, 1.54) is 18.4 Å². The number of anilines is 1. The van der Waals surface area contributed by atoms with Crippen molar-refractivity contribution in [2.75, 3.05) is 26.2 Å². The summed E-state index contributed by atoms with van der Waals surface area (Å²) >= 11 is 0. The zero-order valence-corrected chi connectivity index (χ0v) is 20.1. The van der Waals surface area contributed by atoms with Gasteiger partial charge in [-0.25, -0.2) is 12.7 Å². The van der Waals surface area contributed by atoms with Crippen LogP contribution < -0.4 is 14.8 Å². The fourth-order valence-corrected chi connectivity index (χ4v) is 5.21. The molecule has 8 heteroatoms. The van der Waals surface area contributed by atoms with Gasteiger partial charge < -0.3 is 14.8 Å². The van der Waals surface area contributed by atoms with Crippen molar-refractivity contribution in [3.63, 3.8) is 0 Å². The van der Waals surface area contributed by atoms with Crippen LogP contribution in [0.4, 0.5) is 5.69 Å². The van der Waals surface area contributed by atoms with Gasteiger partial charge in [-0.15, -0.1) is 0 Å². The van der Waals surface area contributed by atoms with Gasteiger partial charge in [-0.2, -0.15) is 0 Å². The van der Waals surface area contributed by atoms with E-state index >= 15 is 0 Å². The van der Waals surface area contributed by atoms with Crippen molar-refractivity contribution < 1.29 is 22.7 Å². The Labute approximate surface area is 199 Å². The lowest BCUT2D eigenvalue weighted by molar-refractivity contribution is -0.118. The summed E-state index contributed by atoms with van der Waals surface area (Å²) in [5.41, 5.74) is 3.62. The molecule has 1 amide bonds. The number of hydrogen-bond donors (Lipinski definition) is 1. The molecule has 34 heavy (non-hydrogen) atoms. The van der Waals surface area contributed by atoms with Crippen LogP contribution in [0.15, 0.2) is 65.6 Å². The first-order valence-electron chi connectivity index (χ1n) is 11.1. The van der Waals surface area contributed by atoms with Gasteiger partial charge >= 0.3 is 0 Å². The van der Waals surface area contributed by atoms with Crippen LogP contribution in [-0.4, -0.2) is 39.5 Å². The molecule has 0 atom stereocenters. The molecule has 1 heterocycles. The minimum atomic E-state index is -3.55. The number of nitrogens with zero attached hydrogens (tertiary/aromatic N) is 1. The summed E-state index contributed by atoms with van der Waals surface area (Å²) in [7, 11) is -0.529. The number of nitrogens with one attached hydrogen (secondary N) is 1. The molecule has 0 bridgehead atoms. The Kier molecular flexibility index (Phi) is 5.37. The number of hydrogen-bond acceptors (Lipinski definition) is 5. The fourth-order valence-electron chi connectivity index (χ4n) is 4.26. The van der Waals surface area contributed by atoms with Crippen LogP contribution in [-0.2, 0) is 20.2 Å². The zero-order chi connectivity index (χ0) is 24.1. The molecule has 0 saturated heterocycles. The Balaban J connectivity index is 1.42. The lowest BCUT2D eigenvalue weighted by atomic mass is 9.94. The number of rotatable bonds is 6. The van der Waals surface area contributed by atoms with Gasteiger partial charge in [0.2, 0.25) is 22.7 Å². The lowest BCUT2D eigenvalue weighted by Crippen LogP contribution is -2.27. The number of sulfonamides is 1. The molecule has 1 aliphatic carbocycles. The van der Waals surface area contributed by atoms with E-state index in [4.69, 9.17) is 9.47 Å². The second kappa shape index (κ2) is 8.14. The molecule has 7 nitrogen and oxygen atoms in total. The van der Waals surface area contributed by atoms with E-state index in [0.29, 0.717) is 17.2 Å². The third kappa shape index (κ3) is 3.82. The Morgan fingerprint density at radius 3 is 2.47 bits per heavy atom. The van der Waals surface area contributed by atoms with Gasteiger partial charge in [-0.3, -0.25) is 4.79 Å². The summed E-state index contributed by atoms with van der Waals surface area (Å²) in [6.45, 7) is 2.16. The van der Waals surface area contributed by atoms with Gasteiger partial charge in [0.1, 0.15) is 0 Å². The highest BCUT2D eigenvalue weighted by Gasteiger charge is 2.51. The maximum atomic E-state index is 13.3. The van der Waals surface area contributed by atoms with Crippen molar-refractivity contribution in [1.82, 2.24) is 4.31 Å². The summed E-state index contributed by atoms with van der Waals surface area (Å²) in [5, 5.41) is 3.07. The van der Waals surface area contributed by atoms with Crippen molar-refractivity contribution in [2.24, 2.45) is 0 Å². The molecule has 3 aromatic carbocycles. The van der Waals surface area contributed by atoms with Gasteiger partial charge in [0.25, 0.3) is 0 Å². The molecule has 0 aromatic heterocycles. The van der Waals surface area contributed by atoms with Crippen LogP contribution in [0.1, 0.15) is 24.0 Å². The standard InChI is InChI=1S/C26H26N2O5S/c1-17-7-9-20(15-22(17)18-5-4-6-21(13-18)34(30,31)28(2)3)27-25(29)26(11-12-26)19-8-10-23-24(14-19)33-16-32-23/h4-10,13-15H,11-12,16H2,1-3H3,(H,27,29). The van der Waals surface area contributed by atoms with Gasteiger partial charge in [-0.1, -0.05) is 24.3 Å². The van der Waals surface area contributed by atoms with E-state index in [2.05, 4.69) is 5.32 Å². The molecule has 5 rings (SSSR count). The highest BCUT2D eigenvalue weighted by atomic mass is 32.2. The molecule has 1 N–H and O–H groups in total. The molecule has 0 radical (unpaired) electrons. The molecule has 0 unspecified atom stereocenters. The predicted octanol–water partition coefficient (Wildman–Crippen LogP) is 4.31. The molecule has 2 aliphatic rings. The molecular formula is C26H26N2O5S. The van der Waals surface area contributed by atoms with E-state index < -0.39 is 15.4 Å². The minimum Gasteiger partial charge on any atom is -0.454 e. The number of aryl methyl sites for hydroxylation is 1. The third-order valence-electron chi connectivity index (χ3n) is 6.53. The normalized spacial score (nSPS) is 15.9.